The molecule has 1 aliphatic carbocycles. The zero-order valence-electron chi connectivity index (χ0n) is 16.0. The maximum Gasteiger partial charge on any atom is 0.409 e. The molecule has 0 aromatic carbocycles. The second kappa shape index (κ2) is 10.0. The molecule has 1 heterocycles. The number of nitrogens with zero attached hydrogens (tertiary/aromatic N) is 3. The summed E-state index contributed by atoms with van der Waals surface area (Å²) in [7, 11) is 3.45. The fourth-order valence-corrected chi connectivity index (χ4v) is 2.96. The first kappa shape index (κ1) is 20.1. The van der Waals surface area contributed by atoms with Gasteiger partial charge in [0.1, 0.15) is 6.54 Å². The molecule has 0 atom stereocenters. The summed E-state index contributed by atoms with van der Waals surface area (Å²) in [5, 5.41) is 6.84. The Hall–Kier alpha value is -2.25. The largest absolute Gasteiger partial charge is 0.450 e. The Balaban J connectivity index is 1.88. The molecule has 0 unspecified atom stereocenters. The van der Waals surface area contributed by atoms with Gasteiger partial charge in [0, 0.05) is 39.3 Å². The van der Waals surface area contributed by atoms with Crippen molar-refractivity contribution in [2.24, 2.45) is 4.99 Å². The van der Waals surface area contributed by atoms with Gasteiger partial charge in [-0.3, -0.25) is 4.79 Å². The first-order chi connectivity index (χ1) is 12.5. The number of hydrogen-bond acceptors (Lipinski definition) is 4. The third-order valence-electron chi connectivity index (χ3n) is 4.58. The molecule has 2 rings (SSSR count). The van der Waals surface area contributed by atoms with Gasteiger partial charge >= 0.3 is 6.09 Å². The van der Waals surface area contributed by atoms with Crippen LogP contribution in [0, 0.1) is 0 Å². The highest BCUT2D eigenvalue weighted by Gasteiger charge is 2.24. The zero-order chi connectivity index (χ0) is 18.9. The Morgan fingerprint density at radius 3 is 2.35 bits per heavy atom. The maximum absolute atomic E-state index is 11.8. The number of guanidine groups is 1. The number of carbonyl (C=O) groups is 2. The smallest absolute Gasteiger partial charge is 0.409 e. The SMILES string of the molecule is CCOC(=O)N1CCC(NC(=NCC(=O)N(C)C)NC2CC=CC2)CC1. The zero-order valence-corrected chi connectivity index (χ0v) is 16.0. The van der Waals surface area contributed by atoms with E-state index in [1.807, 2.05) is 6.92 Å². The van der Waals surface area contributed by atoms with Crippen LogP contribution in [0.4, 0.5) is 4.79 Å². The van der Waals surface area contributed by atoms with Crippen LogP contribution in [0.2, 0.25) is 0 Å². The van der Waals surface area contributed by atoms with Crippen LogP contribution in [0.1, 0.15) is 32.6 Å². The van der Waals surface area contributed by atoms with Crippen LogP contribution in [0.15, 0.2) is 17.1 Å². The van der Waals surface area contributed by atoms with Gasteiger partial charge in [-0.15, -0.1) is 0 Å². The predicted molar refractivity (Wildman–Crippen MR) is 101 cm³/mol. The van der Waals surface area contributed by atoms with Crippen molar-refractivity contribution in [1.29, 1.82) is 0 Å². The number of likely N-dealkylation sites (N-methyl/N-ethyl adjacent to an activating group) is 1. The fourth-order valence-electron chi connectivity index (χ4n) is 2.96. The molecule has 0 bridgehead atoms. The van der Waals surface area contributed by atoms with Crippen molar-refractivity contribution in [2.45, 2.75) is 44.7 Å². The lowest BCUT2D eigenvalue weighted by molar-refractivity contribution is -0.127. The number of ether oxygens (including phenoxy) is 1. The Labute approximate surface area is 155 Å². The van der Waals surface area contributed by atoms with Crippen molar-refractivity contribution < 1.29 is 14.3 Å². The van der Waals surface area contributed by atoms with Gasteiger partial charge in [-0.05, 0) is 32.6 Å². The second-order valence-corrected chi connectivity index (χ2v) is 6.84. The lowest BCUT2D eigenvalue weighted by Gasteiger charge is -2.32. The molecule has 0 radical (unpaired) electrons. The Bertz CT molecular complexity index is 531. The minimum atomic E-state index is -0.244. The average Bonchev–Trinajstić information content (AvgIpc) is 3.13. The summed E-state index contributed by atoms with van der Waals surface area (Å²) >= 11 is 0. The average molecular weight is 365 g/mol. The minimum absolute atomic E-state index is 0.0345. The highest BCUT2D eigenvalue weighted by Crippen LogP contribution is 2.13. The van der Waals surface area contributed by atoms with Crippen molar-refractivity contribution in [1.82, 2.24) is 20.4 Å². The predicted octanol–water partition coefficient (Wildman–Crippen LogP) is 0.949. The Morgan fingerprint density at radius 1 is 1.15 bits per heavy atom. The summed E-state index contributed by atoms with van der Waals surface area (Å²) in [4.78, 5) is 31.4. The molecular weight excluding hydrogens is 334 g/mol. The van der Waals surface area contributed by atoms with E-state index in [1.54, 1.807) is 19.0 Å². The summed E-state index contributed by atoms with van der Waals surface area (Å²) < 4.78 is 5.06. The quantitative estimate of drug-likeness (QED) is 0.430. The number of hydrogen-bond donors (Lipinski definition) is 2. The van der Waals surface area contributed by atoms with Crippen LogP contribution in [-0.2, 0) is 9.53 Å². The highest BCUT2D eigenvalue weighted by atomic mass is 16.6. The molecule has 0 spiro atoms. The fraction of sp³-hybridized carbons (Fsp3) is 0.722. The topological polar surface area (TPSA) is 86.3 Å². The normalized spacial score (nSPS) is 18.7. The van der Waals surface area contributed by atoms with Crippen LogP contribution in [-0.4, -0.2) is 80.2 Å². The third-order valence-corrected chi connectivity index (χ3v) is 4.58. The summed E-state index contributed by atoms with van der Waals surface area (Å²) in [6, 6.07) is 0.533. The number of amides is 2. The number of piperidine rings is 1. The molecule has 8 heteroatoms. The van der Waals surface area contributed by atoms with E-state index in [-0.39, 0.29) is 24.6 Å². The van der Waals surface area contributed by atoms with Crippen molar-refractivity contribution in [3.8, 4) is 0 Å². The first-order valence-electron chi connectivity index (χ1n) is 9.34. The van der Waals surface area contributed by atoms with Crippen molar-refractivity contribution in [3.05, 3.63) is 12.2 Å². The van der Waals surface area contributed by atoms with Gasteiger partial charge < -0.3 is 25.2 Å². The molecule has 1 saturated heterocycles. The van der Waals surface area contributed by atoms with Gasteiger partial charge in [0.15, 0.2) is 5.96 Å². The van der Waals surface area contributed by atoms with E-state index in [2.05, 4.69) is 27.8 Å². The lowest BCUT2D eigenvalue weighted by atomic mass is 10.1. The van der Waals surface area contributed by atoms with Crippen molar-refractivity contribution in [3.63, 3.8) is 0 Å². The van der Waals surface area contributed by atoms with Crippen molar-refractivity contribution in [2.75, 3.05) is 40.3 Å². The molecule has 0 saturated carbocycles. The van der Waals surface area contributed by atoms with Gasteiger partial charge in [0.05, 0.1) is 6.61 Å². The first-order valence-corrected chi connectivity index (χ1v) is 9.34. The molecule has 8 nitrogen and oxygen atoms in total. The molecular formula is C18H31N5O3. The van der Waals surface area contributed by atoms with E-state index in [0.717, 1.165) is 25.7 Å². The molecule has 1 fully saturated rings. The summed E-state index contributed by atoms with van der Waals surface area (Å²) in [6.45, 7) is 3.64. The van der Waals surface area contributed by atoms with Crippen LogP contribution in [0.25, 0.3) is 0 Å². The third kappa shape index (κ3) is 6.24. The second-order valence-electron chi connectivity index (χ2n) is 6.84. The van der Waals surface area contributed by atoms with Gasteiger partial charge in [0.2, 0.25) is 5.91 Å². The van der Waals surface area contributed by atoms with Crippen LogP contribution in [0.3, 0.4) is 0 Å². The summed E-state index contributed by atoms with van der Waals surface area (Å²) in [6.07, 6.45) is 7.63. The Morgan fingerprint density at radius 2 is 1.77 bits per heavy atom. The number of likely N-dealkylation sites (tertiary alicyclic amines) is 1. The molecule has 2 amide bonds. The van der Waals surface area contributed by atoms with Crippen LogP contribution >= 0.6 is 0 Å². The Kier molecular flexibility index (Phi) is 7.74. The highest BCUT2D eigenvalue weighted by molar-refractivity contribution is 5.85. The molecule has 0 aromatic rings. The maximum atomic E-state index is 11.8. The van der Waals surface area contributed by atoms with Crippen molar-refractivity contribution >= 4 is 18.0 Å². The standard InChI is InChI=1S/C18H31N5O3/c1-4-26-18(25)23-11-9-15(10-12-23)21-17(19-13-16(24)22(2)3)20-14-7-5-6-8-14/h5-6,14-15H,4,7-13H2,1-3H3,(H2,19,20,21). The van der Waals surface area contributed by atoms with E-state index in [0.29, 0.717) is 31.7 Å². The van der Waals surface area contributed by atoms with E-state index in [4.69, 9.17) is 4.74 Å². The number of nitrogens with one attached hydrogen (secondary N) is 2. The van der Waals surface area contributed by atoms with E-state index in [1.165, 1.54) is 4.90 Å². The summed E-state index contributed by atoms with van der Waals surface area (Å²) in [5.74, 6) is 0.635. The molecule has 146 valence electrons. The van der Waals surface area contributed by atoms with Gasteiger partial charge in [-0.1, -0.05) is 12.2 Å². The lowest BCUT2D eigenvalue weighted by Crippen LogP contribution is -2.51. The molecule has 0 aromatic heterocycles. The van der Waals surface area contributed by atoms with Gasteiger partial charge in [-0.2, -0.15) is 0 Å². The molecule has 1 aliphatic heterocycles. The molecule has 2 aliphatic rings. The minimum Gasteiger partial charge on any atom is -0.450 e. The number of rotatable bonds is 5. The van der Waals surface area contributed by atoms with E-state index in [9.17, 15) is 9.59 Å². The molecule has 2 N–H and O–H groups in total. The monoisotopic (exact) mass is 365 g/mol. The molecule has 26 heavy (non-hydrogen) atoms. The van der Waals surface area contributed by atoms with E-state index >= 15 is 0 Å². The number of carbonyl (C=O) groups excluding carboxylic acids is 2. The van der Waals surface area contributed by atoms with Gasteiger partial charge in [-0.25, -0.2) is 9.79 Å². The van der Waals surface area contributed by atoms with Gasteiger partial charge in [0.25, 0.3) is 0 Å². The van der Waals surface area contributed by atoms with E-state index < -0.39 is 0 Å². The van der Waals surface area contributed by atoms with Crippen LogP contribution < -0.4 is 10.6 Å². The van der Waals surface area contributed by atoms with Crippen LogP contribution in [0.5, 0.6) is 0 Å². The summed E-state index contributed by atoms with van der Waals surface area (Å²) in [5.41, 5.74) is 0. The number of aliphatic imine (C=N–C) groups is 1.